The molecule has 0 amide bonds. The summed E-state index contributed by atoms with van der Waals surface area (Å²) < 4.78 is 0. The lowest BCUT2D eigenvalue weighted by atomic mass is 9.79. The van der Waals surface area contributed by atoms with E-state index in [0.29, 0.717) is 11.6 Å². The van der Waals surface area contributed by atoms with Crippen LogP contribution in [-0.2, 0) is 4.79 Å². The number of para-hydroxylation sites is 1. The Balaban J connectivity index is 2.41. The Bertz CT molecular complexity index is 456. The number of nitrogen functional groups attached to an aromatic ring is 1. The van der Waals surface area contributed by atoms with Crippen LogP contribution in [0.3, 0.4) is 0 Å². The normalized spacial score (nSPS) is 25.0. The molecule has 3 N–H and O–H groups in total. The van der Waals surface area contributed by atoms with Crippen LogP contribution < -0.4 is 5.73 Å². The van der Waals surface area contributed by atoms with Crippen molar-refractivity contribution in [2.45, 2.75) is 39.0 Å². The van der Waals surface area contributed by atoms with Crippen LogP contribution in [0.4, 0.5) is 5.69 Å². The number of anilines is 1. The molecule has 3 unspecified atom stereocenters. The topological polar surface area (TPSA) is 63.3 Å². The van der Waals surface area contributed by atoms with E-state index in [0.717, 1.165) is 30.4 Å². The van der Waals surface area contributed by atoms with Crippen LogP contribution in [0.25, 0.3) is 0 Å². The molecule has 0 heterocycles. The molecule has 0 spiro atoms. The monoisotopic (exact) mass is 247 g/mol. The number of hydrogen-bond donors (Lipinski definition) is 2. The number of aliphatic carboxylic acids is 1. The molecule has 98 valence electrons. The van der Waals surface area contributed by atoms with Crippen LogP contribution >= 0.6 is 0 Å². The summed E-state index contributed by atoms with van der Waals surface area (Å²) >= 11 is 0. The summed E-state index contributed by atoms with van der Waals surface area (Å²) in [6.07, 6.45) is 3.24. The summed E-state index contributed by atoms with van der Waals surface area (Å²) in [4.78, 5) is 11.6. The Morgan fingerprint density at radius 2 is 2.17 bits per heavy atom. The van der Waals surface area contributed by atoms with E-state index in [1.165, 1.54) is 0 Å². The Morgan fingerprint density at radius 1 is 1.44 bits per heavy atom. The van der Waals surface area contributed by atoms with E-state index in [-0.39, 0.29) is 5.92 Å². The Hall–Kier alpha value is -1.51. The van der Waals surface area contributed by atoms with Gasteiger partial charge in [0.15, 0.2) is 0 Å². The minimum absolute atomic E-state index is 0.214. The minimum atomic E-state index is -0.744. The van der Waals surface area contributed by atoms with Gasteiger partial charge < -0.3 is 10.8 Å². The standard InChI is InChI=1S/C15H21NO2/c1-9-5-3-7-11(9)13(15(17)18)12-8-4-6-10(2)14(12)16/h4,6,8-9,11,13H,3,5,7,16H2,1-2H3,(H,17,18). The minimum Gasteiger partial charge on any atom is -0.481 e. The van der Waals surface area contributed by atoms with Crippen LogP contribution in [-0.4, -0.2) is 11.1 Å². The van der Waals surface area contributed by atoms with Crippen LogP contribution in [0.1, 0.15) is 43.2 Å². The van der Waals surface area contributed by atoms with Crippen molar-refractivity contribution in [2.24, 2.45) is 11.8 Å². The summed E-state index contributed by atoms with van der Waals surface area (Å²) in [5.74, 6) is -0.522. The molecular weight excluding hydrogens is 226 g/mol. The number of rotatable bonds is 3. The third-order valence-corrected chi connectivity index (χ3v) is 4.31. The second-order valence-corrected chi connectivity index (χ2v) is 5.47. The van der Waals surface area contributed by atoms with Gasteiger partial charge in [0.05, 0.1) is 5.92 Å². The zero-order valence-electron chi connectivity index (χ0n) is 11.0. The maximum Gasteiger partial charge on any atom is 0.311 e. The number of carboxylic acid groups (broad SMARTS) is 1. The lowest BCUT2D eigenvalue weighted by Gasteiger charge is -2.25. The zero-order chi connectivity index (χ0) is 13.3. The van der Waals surface area contributed by atoms with Gasteiger partial charge in [-0.15, -0.1) is 0 Å². The van der Waals surface area contributed by atoms with E-state index in [1.54, 1.807) is 0 Å². The molecule has 3 atom stereocenters. The molecule has 0 aromatic heterocycles. The Morgan fingerprint density at radius 3 is 2.72 bits per heavy atom. The highest BCUT2D eigenvalue weighted by molar-refractivity contribution is 5.79. The third-order valence-electron chi connectivity index (χ3n) is 4.31. The molecule has 0 bridgehead atoms. The van der Waals surface area contributed by atoms with Crippen molar-refractivity contribution < 1.29 is 9.90 Å². The highest BCUT2D eigenvalue weighted by Crippen LogP contribution is 2.43. The molecule has 0 aliphatic heterocycles. The number of aryl methyl sites for hydroxylation is 1. The summed E-state index contributed by atoms with van der Waals surface area (Å²) in [7, 11) is 0. The summed E-state index contributed by atoms with van der Waals surface area (Å²) in [6.45, 7) is 4.08. The predicted molar refractivity (Wildman–Crippen MR) is 72.5 cm³/mol. The lowest BCUT2D eigenvalue weighted by molar-refractivity contribution is -0.140. The van der Waals surface area contributed by atoms with E-state index < -0.39 is 11.9 Å². The molecule has 0 radical (unpaired) electrons. The first-order chi connectivity index (χ1) is 8.52. The molecule has 1 fully saturated rings. The van der Waals surface area contributed by atoms with Gasteiger partial charge in [-0.3, -0.25) is 4.79 Å². The van der Waals surface area contributed by atoms with Crippen LogP contribution in [0.2, 0.25) is 0 Å². The number of benzene rings is 1. The number of nitrogens with two attached hydrogens (primary N) is 1. The van der Waals surface area contributed by atoms with Gasteiger partial charge in [-0.05, 0) is 36.3 Å². The molecule has 1 aromatic rings. The number of carbonyl (C=O) groups is 1. The van der Waals surface area contributed by atoms with Crippen LogP contribution in [0.5, 0.6) is 0 Å². The second kappa shape index (κ2) is 5.01. The van der Waals surface area contributed by atoms with Crippen molar-refractivity contribution in [3.05, 3.63) is 29.3 Å². The fourth-order valence-corrected chi connectivity index (χ4v) is 3.19. The van der Waals surface area contributed by atoms with Gasteiger partial charge in [-0.25, -0.2) is 0 Å². The fourth-order valence-electron chi connectivity index (χ4n) is 3.19. The average molecular weight is 247 g/mol. The molecule has 0 saturated heterocycles. The highest BCUT2D eigenvalue weighted by atomic mass is 16.4. The largest absolute Gasteiger partial charge is 0.481 e. The summed E-state index contributed by atoms with van der Waals surface area (Å²) in [5, 5.41) is 9.56. The van der Waals surface area contributed by atoms with E-state index in [4.69, 9.17) is 5.73 Å². The van der Waals surface area contributed by atoms with Crippen LogP contribution in [0, 0.1) is 18.8 Å². The number of hydrogen-bond acceptors (Lipinski definition) is 2. The Labute approximate surface area is 108 Å². The second-order valence-electron chi connectivity index (χ2n) is 5.47. The van der Waals surface area contributed by atoms with Crippen LogP contribution in [0.15, 0.2) is 18.2 Å². The van der Waals surface area contributed by atoms with Gasteiger partial charge in [0, 0.05) is 5.69 Å². The summed E-state index contributed by atoms with van der Waals surface area (Å²) in [6, 6.07) is 5.69. The number of carboxylic acids is 1. The molecule has 1 saturated carbocycles. The molecule has 2 rings (SSSR count). The van der Waals surface area contributed by atoms with Crippen molar-refractivity contribution in [2.75, 3.05) is 5.73 Å². The quantitative estimate of drug-likeness (QED) is 0.806. The molecule has 3 heteroatoms. The maximum atomic E-state index is 11.6. The van der Waals surface area contributed by atoms with Gasteiger partial charge in [0.25, 0.3) is 0 Å². The first-order valence-electron chi connectivity index (χ1n) is 6.60. The van der Waals surface area contributed by atoms with Gasteiger partial charge >= 0.3 is 5.97 Å². The maximum absolute atomic E-state index is 11.6. The molecule has 1 aliphatic carbocycles. The molecule has 3 nitrogen and oxygen atoms in total. The highest BCUT2D eigenvalue weighted by Gasteiger charge is 2.37. The van der Waals surface area contributed by atoms with E-state index in [2.05, 4.69) is 6.92 Å². The Kier molecular flexibility index (Phi) is 3.60. The average Bonchev–Trinajstić information content (AvgIpc) is 2.71. The van der Waals surface area contributed by atoms with Gasteiger partial charge in [-0.2, -0.15) is 0 Å². The molecule has 1 aliphatic rings. The zero-order valence-corrected chi connectivity index (χ0v) is 11.0. The third kappa shape index (κ3) is 2.22. The van der Waals surface area contributed by atoms with Crippen molar-refractivity contribution >= 4 is 11.7 Å². The van der Waals surface area contributed by atoms with E-state index >= 15 is 0 Å². The van der Waals surface area contributed by atoms with Gasteiger partial charge in [0.2, 0.25) is 0 Å². The smallest absolute Gasteiger partial charge is 0.311 e. The van der Waals surface area contributed by atoms with Gasteiger partial charge in [0.1, 0.15) is 0 Å². The summed E-state index contributed by atoms with van der Waals surface area (Å²) in [5.41, 5.74) is 8.47. The predicted octanol–water partition coefficient (Wildman–Crippen LogP) is 3.18. The SMILES string of the molecule is Cc1cccc(C(C(=O)O)C2CCCC2C)c1N. The lowest BCUT2D eigenvalue weighted by Crippen LogP contribution is -2.24. The van der Waals surface area contributed by atoms with Crippen molar-refractivity contribution in [1.29, 1.82) is 0 Å². The van der Waals surface area contributed by atoms with E-state index in [9.17, 15) is 9.90 Å². The molecule has 1 aromatic carbocycles. The van der Waals surface area contributed by atoms with E-state index in [1.807, 2.05) is 25.1 Å². The van der Waals surface area contributed by atoms with Crippen molar-refractivity contribution in [3.8, 4) is 0 Å². The molecule has 18 heavy (non-hydrogen) atoms. The first kappa shape index (κ1) is 12.9. The molecular formula is C15H21NO2. The van der Waals surface area contributed by atoms with Crippen molar-refractivity contribution in [1.82, 2.24) is 0 Å². The fraction of sp³-hybridized carbons (Fsp3) is 0.533. The van der Waals surface area contributed by atoms with Crippen molar-refractivity contribution in [3.63, 3.8) is 0 Å². The first-order valence-corrected chi connectivity index (χ1v) is 6.60. The van der Waals surface area contributed by atoms with Gasteiger partial charge in [-0.1, -0.05) is 38.0 Å².